The first kappa shape index (κ1) is 16.8. The molecule has 1 N–H and O–H groups in total. The molecule has 1 aromatic heterocycles. The van der Waals surface area contributed by atoms with Crippen LogP contribution in [-0.4, -0.2) is 33.0 Å². The molecule has 1 amide bonds. The summed E-state index contributed by atoms with van der Waals surface area (Å²) >= 11 is 7.31. The summed E-state index contributed by atoms with van der Waals surface area (Å²) in [5, 5.41) is 11.6. The first-order valence-corrected chi connectivity index (χ1v) is 8.46. The summed E-state index contributed by atoms with van der Waals surface area (Å²) in [6.07, 6.45) is 2.40. The van der Waals surface area contributed by atoms with Crippen molar-refractivity contribution >= 4 is 29.3 Å². The van der Waals surface area contributed by atoms with Crippen molar-refractivity contribution in [2.75, 3.05) is 12.3 Å². The zero-order chi connectivity index (χ0) is 15.9. The molecular formula is C15H19ClN4OS. The molecule has 0 unspecified atom stereocenters. The summed E-state index contributed by atoms with van der Waals surface area (Å²) in [4.78, 5) is 12.9. The van der Waals surface area contributed by atoms with Crippen LogP contribution in [0.2, 0.25) is 5.02 Å². The van der Waals surface area contributed by atoms with Crippen molar-refractivity contribution in [2.24, 2.45) is 0 Å². The Hall–Kier alpha value is -1.53. The second-order valence-corrected chi connectivity index (χ2v) is 6.58. The molecule has 2 aromatic rings. The monoisotopic (exact) mass is 338 g/mol. The second-order valence-electron chi connectivity index (χ2n) is 5.09. The Kier molecular flexibility index (Phi) is 6.27. The zero-order valence-corrected chi connectivity index (χ0v) is 14.2. The minimum atomic E-state index is 0.00978. The third-order valence-corrected chi connectivity index (χ3v) is 4.32. The quantitative estimate of drug-likeness (QED) is 0.788. The number of nitrogens with zero attached hydrogens (tertiary/aromatic N) is 3. The molecular weight excluding hydrogens is 320 g/mol. The molecule has 0 fully saturated rings. The Balaban J connectivity index is 1.71. The number of benzene rings is 1. The highest BCUT2D eigenvalue weighted by atomic mass is 35.5. The maximum absolute atomic E-state index is 11.8. The van der Waals surface area contributed by atoms with Gasteiger partial charge in [-0.2, -0.15) is 0 Å². The fraction of sp³-hybridized carbons (Fsp3) is 0.400. The lowest BCUT2D eigenvalue weighted by Crippen LogP contribution is -2.28. The molecule has 0 aliphatic heterocycles. The third-order valence-electron chi connectivity index (χ3n) is 3.06. The van der Waals surface area contributed by atoms with Crippen molar-refractivity contribution in [2.45, 2.75) is 31.2 Å². The number of hydrogen-bond acceptors (Lipinski definition) is 4. The summed E-state index contributed by atoms with van der Waals surface area (Å²) in [6, 6.07) is 7.78. The van der Waals surface area contributed by atoms with Crippen LogP contribution in [0.25, 0.3) is 0 Å². The van der Waals surface area contributed by atoms with Gasteiger partial charge in [-0.15, -0.1) is 22.0 Å². The maximum Gasteiger partial charge on any atom is 0.230 e. The number of rotatable bonds is 7. The van der Waals surface area contributed by atoms with E-state index in [0.29, 0.717) is 29.8 Å². The van der Waals surface area contributed by atoms with E-state index >= 15 is 0 Å². The van der Waals surface area contributed by atoms with Crippen molar-refractivity contribution < 1.29 is 4.79 Å². The Morgan fingerprint density at radius 2 is 2.09 bits per heavy atom. The Labute approximate surface area is 139 Å². The number of thioether (sulfide) groups is 1. The predicted molar refractivity (Wildman–Crippen MR) is 89.3 cm³/mol. The fourth-order valence-electron chi connectivity index (χ4n) is 1.92. The second kappa shape index (κ2) is 8.19. The molecule has 0 atom stereocenters. The number of nitrogens with one attached hydrogen (secondary N) is 1. The lowest BCUT2D eigenvalue weighted by atomic mass is 10.3. The molecule has 0 radical (unpaired) electrons. The van der Waals surface area contributed by atoms with Crippen molar-refractivity contribution in [3.05, 3.63) is 41.4 Å². The Morgan fingerprint density at radius 1 is 1.36 bits per heavy atom. The molecule has 0 bridgehead atoms. The molecule has 0 spiro atoms. The minimum absolute atomic E-state index is 0.00978. The molecule has 118 valence electrons. The van der Waals surface area contributed by atoms with E-state index in [0.717, 1.165) is 10.7 Å². The van der Waals surface area contributed by atoms with E-state index in [9.17, 15) is 4.79 Å². The lowest BCUT2D eigenvalue weighted by molar-refractivity contribution is -0.118. The van der Waals surface area contributed by atoms with E-state index in [-0.39, 0.29) is 5.91 Å². The van der Waals surface area contributed by atoms with Crippen LogP contribution >= 0.6 is 23.4 Å². The number of hydrogen-bond donors (Lipinski definition) is 1. The summed E-state index contributed by atoms with van der Waals surface area (Å²) in [7, 11) is 0. The standard InChI is InChI=1S/C15H19ClN4OS/c1-11(2)20-10-18-19-14(20)7-8-17-15(21)9-22-13-5-3-12(16)4-6-13/h3-6,10-11H,7-9H2,1-2H3,(H,17,21). The van der Waals surface area contributed by atoms with Gasteiger partial charge in [-0.25, -0.2) is 0 Å². The number of halogens is 1. The molecule has 1 aromatic carbocycles. The Bertz CT molecular complexity index is 612. The van der Waals surface area contributed by atoms with Crippen LogP contribution in [0.3, 0.4) is 0 Å². The van der Waals surface area contributed by atoms with E-state index in [1.54, 1.807) is 6.33 Å². The van der Waals surface area contributed by atoms with Gasteiger partial charge in [0.25, 0.3) is 0 Å². The van der Waals surface area contributed by atoms with Gasteiger partial charge >= 0.3 is 0 Å². The summed E-state index contributed by atoms with van der Waals surface area (Å²) in [6.45, 7) is 4.72. The maximum atomic E-state index is 11.8. The van der Waals surface area contributed by atoms with Gasteiger partial charge in [0.1, 0.15) is 12.2 Å². The SMILES string of the molecule is CC(C)n1cnnc1CCNC(=O)CSc1ccc(Cl)cc1. The average Bonchev–Trinajstić information content (AvgIpc) is 2.95. The highest BCUT2D eigenvalue weighted by Crippen LogP contribution is 2.19. The van der Waals surface area contributed by atoms with Gasteiger partial charge in [0.15, 0.2) is 0 Å². The third kappa shape index (κ3) is 5.03. The number of amides is 1. The molecule has 5 nitrogen and oxygen atoms in total. The fourth-order valence-corrected chi connectivity index (χ4v) is 2.78. The summed E-state index contributed by atoms with van der Waals surface area (Å²) in [5.41, 5.74) is 0. The molecule has 0 aliphatic rings. The van der Waals surface area contributed by atoms with Crippen molar-refractivity contribution in [1.29, 1.82) is 0 Å². The first-order valence-electron chi connectivity index (χ1n) is 7.09. The molecule has 0 saturated carbocycles. The molecule has 22 heavy (non-hydrogen) atoms. The van der Waals surface area contributed by atoms with Gasteiger partial charge < -0.3 is 9.88 Å². The highest BCUT2D eigenvalue weighted by Gasteiger charge is 2.08. The summed E-state index contributed by atoms with van der Waals surface area (Å²) < 4.78 is 2.01. The van der Waals surface area contributed by atoms with E-state index < -0.39 is 0 Å². The average molecular weight is 339 g/mol. The molecule has 7 heteroatoms. The Morgan fingerprint density at radius 3 is 2.77 bits per heavy atom. The highest BCUT2D eigenvalue weighted by molar-refractivity contribution is 8.00. The first-order chi connectivity index (χ1) is 10.6. The van der Waals surface area contributed by atoms with Gasteiger partial charge in [0, 0.05) is 28.9 Å². The number of aromatic nitrogens is 3. The predicted octanol–water partition coefficient (Wildman–Crippen LogP) is 2.96. The molecule has 0 aliphatic carbocycles. The number of carbonyl (C=O) groups excluding carboxylic acids is 1. The van der Waals surface area contributed by atoms with Gasteiger partial charge in [-0.05, 0) is 38.1 Å². The topological polar surface area (TPSA) is 59.8 Å². The molecule has 1 heterocycles. The van der Waals surface area contributed by atoms with Crippen LogP contribution in [0.1, 0.15) is 25.7 Å². The van der Waals surface area contributed by atoms with Crippen LogP contribution in [0.5, 0.6) is 0 Å². The van der Waals surface area contributed by atoms with Crippen LogP contribution < -0.4 is 5.32 Å². The largest absolute Gasteiger partial charge is 0.355 e. The van der Waals surface area contributed by atoms with Crippen LogP contribution in [0, 0.1) is 0 Å². The minimum Gasteiger partial charge on any atom is -0.355 e. The van der Waals surface area contributed by atoms with E-state index in [1.807, 2.05) is 28.8 Å². The van der Waals surface area contributed by atoms with Gasteiger partial charge in [0.05, 0.1) is 5.75 Å². The summed E-state index contributed by atoms with van der Waals surface area (Å²) in [5.74, 6) is 1.29. The van der Waals surface area contributed by atoms with Gasteiger partial charge in [-0.3, -0.25) is 4.79 Å². The normalized spacial score (nSPS) is 10.9. The van der Waals surface area contributed by atoms with E-state index in [4.69, 9.17) is 11.6 Å². The number of carbonyl (C=O) groups is 1. The zero-order valence-electron chi connectivity index (χ0n) is 12.6. The smallest absolute Gasteiger partial charge is 0.230 e. The van der Waals surface area contributed by atoms with E-state index in [2.05, 4.69) is 29.4 Å². The molecule has 2 rings (SSSR count). The van der Waals surface area contributed by atoms with Gasteiger partial charge in [-0.1, -0.05) is 11.6 Å². The van der Waals surface area contributed by atoms with E-state index in [1.165, 1.54) is 11.8 Å². The molecule has 0 saturated heterocycles. The van der Waals surface area contributed by atoms with Gasteiger partial charge in [0.2, 0.25) is 5.91 Å². The lowest BCUT2D eigenvalue weighted by Gasteiger charge is -2.10. The van der Waals surface area contributed by atoms with Crippen LogP contribution in [0.4, 0.5) is 0 Å². The van der Waals surface area contributed by atoms with Crippen molar-refractivity contribution in [3.8, 4) is 0 Å². The van der Waals surface area contributed by atoms with Crippen LogP contribution in [0.15, 0.2) is 35.5 Å². The van der Waals surface area contributed by atoms with Crippen molar-refractivity contribution in [3.63, 3.8) is 0 Å². The van der Waals surface area contributed by atoms with Crippen molar-refractivity contribution in [1.82, 2.24) is 20.1 Å². The van der Waals surface area contributed by atoms with Crippen LogP contribution in [-0.2, 0) is 11.2 Å².